The number of hydrogen-bond acceptors (Lipinski definition) is 4. The van der Waals surface area contributed by atoms with Crippen LogP contribution in [0.2, 0.25) is 0 Å². The number of furan rings is 1. The molecule has 1 N–H and O–H groups in total. The molecule has 16 heavy (non-hydrogen) atoms. The van der Waals surface area contributed by atoms with Crippen LogP contribution in [0.3, 0.4) is 0 Å². The van der Waals surface area contributed by atoms with Crippen molar-refractivity contribution in [1.29, 1.82) is 0 Å². The molecular formula is C11H8O4S. The second kappa shape index (κ2) is 4.32. The largest absolute Gasteiger partial charge is 0.481 e. The molecule has 0 bridgehead atoms. The van der Waals surface area contributed by atoms with Gasteiger partial charge in [0.25, 0.3) is 0 Å². The van der Waals surface area contributed by atoms with Gasteiger partial charge in [-0.05, 0) is 29.1 Å². The number of rotatable bonds is 4. The fourth-order valence-electron chi connectivity index (χ4n) is 1.36. The molecule has 0 aliphatic rings. The van der Waals surface area contributed by atoms with Crippen LogP contribution in [0.1, 0.15) is 21.0 Å². The van der Waals surface area contributed by atoms with E-state index in [1.165, 1.54) is 17.6 Å². The van der Waals surface area contributed by atoms with Gasteiger partial charge in [0.05, 0.1) is 17.6 Å². The maximum atomic E-state index is 11.9. The SMILES string of the molecule is O=C(O)Cc1ccsc1C(=O)c1ccco1. The van der Waals surface area contributed by atoms with Gasteiger partial charge in [-0.15, -0.1) is 11.3 Å². The highest BCUT2D eigenvalue weighted by Gasteiger charge is 2.18. The molecular weight excluding hydrogens is 228 g/mol. The van der Waals surface area contributed by atoms with Crippen molar-refractivity contribution >= 4 is 23.1 Å². The first-order valence-electron chi connectivity index (χ1n) is 4.55. The number of aliphatic carboxylic acids is 1. The van der Waals surface area contributed by atoms with Crippen molar-refractivity contribution in [2.24, 2.45) is 0 Å². The number of thiophene rings is 1. The number of hydrogen-bond donors (Lipinski definition) is 1. The molecule has 82 valence electrons. The van der Waals surface area contributed by atoms with Gasteiger partial charge < -0.3 is 9.52 Å². The normalized spacial score (nSPS) is 10.2. The Morgan fingerprint density at radius 3 is 2.81 bits per heavy atom. The first kappa shape index (κ1) is 10.6. The Kier molecular flexibility index (Phi) is 2.87. The fraction of sp³-hybridized carbons (Fsp3) is 0.0909. The van der Waals surface area contributed by atoms with E-state index in [0.29, 0.717) is 10.4 Å². The van der Waals surface area contributed by atoms with E-state index in [2.05, 4.69) is 0 Å². The maximum absolute atomic E-state index is 11.9. The van der Waals surface area contributed by atoms with Crippen molar-refractivity contribution in [3.8, 4) is 0 Å². The van der Waals surface area contributed by atoms with Crippen molar-refractivity contribution < 1.29 is 19.1 Å². The molecule has 4 nitrogen and oxygen atoms in total. The fourth-order valence-corrected chi connectivity index (χ4v) is 2.22. The van der Waals surface area contributed by atoms with Gasteiger partial charge in [-0.3, -0.25) is 9.59 Å². The standard InChI is InChI=1S/C11H8O4S/c12-9(13)6-7-3-5-16-11(7)10(14)8-2-1-4-15-8/h1-5H,6H2,(H,12,13). The molecule has 0 aliphatic heterocycles. The zero-order valence-corrected chi connectivity index (χ0v) is 8.99. The quantitative estimate of drug-likeness (QED) is 0.826. The second-order valence-electron chi connectivity index (χ2n) is 3.15. The van der Waals surface area contributed by atoms with Crippen molar-refractivity contribution in [3.05, 3.63) is 46.0 Å². The van der Waals surface area contributed by atoms with Crippen LogP contribution in [-0.4, -0.2) is 16.9 Å². The zero-order valence-electron chi connectivity index (χ0n) is 8.17. The molecule has 0 amide bonds. The summed E-state index contributed by atoms with van der Waals surface area (Å²) in [6, 6.07) is 4.83. The van der Waals surface area contributed by atoms with Crippen molar-refractivity contribution in [2.75, 3.05) is 0 Å². The van der Waals surface area contributed by atoms with Crippen molar-refractivity contribution in [3.63, 3.8) is 0 Å². The number of carboxylic acid groups (broad SMARTS) is 1. The zero-order chi connectivity index (χ0) is 11.5. The van der Waals surface area contributed by atoms with E-state index in [4.69, 9.17) is 9.52 Å². The monoisotopic (exact) mass is 236 g/mol. The molecule has 0 saturated carbocycles. The van der Waals surface area contributed by atoms with Crippen LogP contribution in [-0.2, 0) is 11.2 Å². The van der Waals surface area contributed by atoms with Crippen molar-refractivity contribution in [2.45, 2.75) is 6.42 Å². The molecule has 0 aliphatic carbocycles. The highest BCUT2D eigenvalue weighted by molar-refractivity contribution is 7.12. The lowest BCUT2D eigenvalue weighted by atomic mass is 10.1. The Bertz CT molecular complexity index is 510. The summed E-state index contributed by atoms with van der Waals surface area (Å²) in [4.78, 5) is 22.9. The first-order valence-corrected chi connectivity index (χ1v) is 5.43. The summed E-state index contributed by atoms with van der Waals surface area (Å²) >= 11 is 1.22. The first-order chi connectivity index (χ1) is 7.68. The van der Waals surface area contributed by atoms with Crippen LogP contribution >= 0.6 is 11.3 Å². The van der Waals surface area contributed by atoms with E-state index in [1.807, 2.05) is 0 Å². The summed E-state index contributed by atoms with van der Waals surface area (Å²) in [5.41, 5.74) is 0.527. The summed E-state index contributed by atoms with van der Waals surface area (Å²) in [7, 11) is 0. The van der Waals surface area contributed by atoms with E-state index in [9.17, 15) is 9.59 Å². The molecule has 2 aromatic rings. The number of carboxylic acids is 1. The molecule has 0 aromatic carbocycles. The van der Waals surface area contributed by atoms with Gasteiger partial charge in [0.1, 0.15) is 0 Å². The minimum atomic E-state index is -0.952. The van der Waals surface area contributed by atoms with Crippen LogP contribution in [0.25, 0.3) is 0 Å². The molecule has 5 heteroatoms. The smallest absolute Gasteiger partial charge is 0.307 e. The van der Waals surface area contributed by atoms with E-state index in [0.717, 1.165) is 0 Å². The van der Waals surface area contributed by atoms with Crippen LogP contribution in [0.15, 0.2) is 34.3 Å². The van der Waals surface area contributed by atoms with Crippen LogP contribution < -0.4 is 0 Å². The predicted molar refractivity (Wildman–Crippen MR) is 57.8 cm³/mol. The average molecular weight is 236 g/mol. The molecule has 0 radical (unpaired) electrons. The lowest BCUT2D eigenvalue weighted by Crippen LogP contribution is -2.05. The van der Waals surface area contributed by atoms with E-state index >= 15 is 0 Å². The van der Waals surface area contributed by atoms with Gasteiger partial charge in [0.2, 0.25) is 5.78 Å². The van der Waals surface area contributed by atoms with E-state index < -0.39 is 5.97 Å². The van der Waals surface area contributed by atoms with Crippen LogP contribution in [0, 0.1) is 0 Å². The summed E-state index contributed by atoms with van der Waals surface area (Å²) < 4.78 is 4.99. The summed E-state index contributed by atoms with van der Waals surface area (Å²) in [6.07, 6.45) is 1.27. The van der Waals surface area contributed by atoms with Gasteiger partial charge in [-0.25, -0.2) is 0 Å². The number of carbonyl (C=O) groups excluding carboxylic acids is 1. The lowest BCUT2D eigenvalue weighted by molar-refractivity contribution is -0.136. The van der Waals surface area contributed by atoms with Crippen LogP contribution in [0.5, 0.6) is 0 Å². The summed E-state index contributed by atoms with van der Waals surface area (Å²) in [5, 5.41) is 10.4. The third kappa shape index (κ3) is 2.04. The number of carbonyl (C=O) groups is 2. The lowest BCUT2D eigenvalue weighted by Gasteiger charge is -1.97. The second-order valence-corrected chi connectivity index (χ2v) is 4.07. The van der Waals surface area contributed by atoms with Gasteiger partial charge >= 0.3 is 5.97 Å². The Morgan fingerprint density at radius 1 is 1.38 bits per heavy atom. The Morgan fingerprint density at radius 2 is 2.19 bits per heavy atom. The third-order valence-electron chi connectivity index (χ3n) is 2.04. The maximum Gasteiger partial charge on any atom is 0.307 e. The van der Waals surface area contributed by atoms with Crippen molar-refractivity contribution in [1.82, 2.24) is 0 Å². The molecule has 2 aromatic heterocycles. The van der Waals surface area contributed by atoms with Gasteiger partial charge in [0, 0.05) is 0 Å². The Labute approximate surface area is 95.1 Å². The molecule has 0 spiro atoms. The summed E-state index contributed by atoms with van der Waals surface area (Å²) in [6.45, 7) is 0. The molecule has 2 rings (SSSR count). The predicted octanol–water partition coefficient (Wildman–Crippen LogP) is 2.20. The van der Waals surface area contributed by atoms with Gasteiger partial charge in [-0.1, -0.05) is 0 Å². The van der Waals surface area contributed by atoms with E-state index in [-0.39, 0.29) is 18.0 Å². The van der Waals surface area contributed by atoms with Gasteiger partial charge in [-0.2, -0.15) is 0 Å². The molecule has 2 heterocycles. The highest BCUT2D eigenvalue weighted by Crippen LogP contribution is 2.21. The minimum Gasteiger partial charge on any atom is -0.481 e. The van der Waals surface area contributed by atoms with E-state index in [1.54, 1.807) is 23.6 Å². The molecule has 0 saturated heterocycles. The Balaban J connectivity index is 2.31. The summed E-state index contributed by atoms with van der Waals surface area (Å²) in [5.74, 6) is -0.989. The minimum absolute atomic E-state index is 0.148. The topological polar surface area (TPSA) is 67.5 Å². The number of ketones is 1. The third-order valence-corrected chi connectivity index (χ3v) is 3.00. The molecule has 0 unspecified atom stereocenters. The van der Waals surface area contributed by atoms with Gasteiger partial charge in [0.15, 0.2) is 5.76 Å². The highest BCUT2D eigenvalue weighted by atomic mass is 32.1. The molecule has 0 fully saturated rings. The average Bonchev–Trinajstić information content (AvgIpc) is 2.84. The van der Waals surface area contributed by atoms with Crippen LogP contribution in [0.4, 0.5) is 0 Å². The Hall–Kier alpha value is -1.88. The molecule has 0 atom stereocenters.